The Morgan fingerprint density at radius 1 is 1.45 bits per heavy atom. The minimum atomic E-state index is -3.57. The van der Waals surface area contributed by atoms with Crippen molar-refractivity contribution in [3.05, 3.63) is 17.9 Å². The molecule has 1 heterocycles. The predicted molar refractivity (Wildman–Crippen MR) is 82.0 cm³/mol. The molecule has 20 heavy (non-hydrogen) atoms. The van der Waals surface area contributed by atoms with E-state index in [1.807, 2.05) is 13.8 Å². The van der Waals surface area contributed by atoms with E-state index in [-0.39, 0.29) is 5.09 Å². The zero-order chi connectivity index (χ0) is 15.0. The molecule has 0 saturated carbocycles. The Hall–Kier alpha value is -0.940. The lowest BCUT2D eigenvalue weighted by molar-refractivity contribution is 0.393. The fourth-order valence-corrected chi connectivity index (χ4v) is 2.97. The van der Waals surface area contributed by atoms with Gasteiger partial charge >= 0.3 is 0 Å². The van der Waals surface area contributed by atoms with E-state index >= 15 is 0 Å². The molecule has 0 fully saturated rings. The van der Waals surface area contributed by atoms with E-state index < -0.39 is 10.0 Å². The van der Waals surface area contributed by atoms with Crippen LogP contribution in [0.3, 0.4) is 0 Å². The minimum absolute atomic E-state index is 0.0556. The topological polar surface area (TPSA) is 71.3 Å². The van der Waals surface area contributed by atoms with Crippen LogP contribution in [0.15, 0.2) is 21.6 Å². The Kier molecular flexibility index (Phi) is 7.16. The molecular weight excluding hydrogens is 296 g/mol. The molecule has 0 spiro atoms. The number of terminal acetylenes is 1. The lowest BCUT2D eigenvalue weighted by Crippen LogP contribution is -2.25. The van der Waals surface area contributed by atoms with Crippen LogP contribution in [-0.4, -0.2) is 32.5 Å². The molecule has 0 aliphatic carbocycles. The van der Waals surface area contributed by atoms with Crippen molar-refractivity contribution < 1.29 is 12.8 Å². The van der Waals surface area contributed by atoms with Gasteiger partial charge in [0.25, 0.3) is 10.0 Å². The zero-order valence-corrected chi connectivity index (χ0v) is 13.3. The highest BCUT2D eigenvalue weighted by molar-refractivity contribution is 7.99. The molecule has 1 rings (SSSR count). The number of hydrogen-bond donors (Lipinski definition) is 2. The molecule has 0 atom stereocenters. The van der Waals surface area contributed by atoms with Gasteiger partial charge in [-0.3, -0.25) is 0 Å². The van der Waals surface area contributed by atoms with Crippen molar-refractivity contribution >= 4 is 21.8 Å². The summed E-state index contributed by atoms with van der Waals surface area (Å²) in [6.45, 7) is 4.85. The van der Waals surface area contributed by atoms with Crippen LogP contribution in [-0.2, 0) is 16.6 Å². The molecule has 5 nitrogen and oxygen atoms in total. The third-order valence-corrected chi connectivity index (χ3v) is 4.51. The largest absolute Gasteiger partial charge is 0.447 e. The van der Waals surface area contributed by atoms with Gasteiger partial charge in [-0.1, -0.05) is 19.8 Å². The summed E-state index contributed by atoms with van der Waals surface area (Å²) < 4.78 is 31.7. The number of sulfonamides is 1. The normalized spacial score (nSPS) is 11.7. The van der Waals surface area contributed by atoms with E-state index in [9.17, 15) is 8.42 Å². The van der Waals surface area contributed by atoms with Gasteiger partial charge in [-0.15, -0.1) is 18.2 Å². The van der Waals surface area contributed by atoms with Gasteiger partial charge in [0.2, 0.25) is 5.09 Å². The second-order valence-corrected chi connectivity index (χ2v) is 7.21. The molecule has 0 aliphatic heterocycles. The molecule has 0 aromatic carbocycles. The van der Waals surface area contributed by atoms with Crippen molar-refractivity contribution in [1.82, 2.24) is 10.0 Å². The fourth-order valence-electron chi connectivity index (χ4n) is 1.35. The molecular formula is C13H20N2O3S2. The van der Waals surface area contributed by atoms with Gasteiger partial charge in [-0.05, 0) is 12.1 Å². The number of thioether (sulfide) groups is 1. The Morgan fingerprint density at radius 3 is 2.85 bits per heavy atom. The fraction of sp³-hybridized carbons (Fsp3) is 0.538. The first-order valence-electron chi connectivity index (χ1n) is 6.28. The van der Waals surface area contributed by atoms with Crippen molar-refractivity contribution in [2.24, 2.45) is 0 Å². The summed E-state index contributed by atoms with van der Waals surface area (Å²) in [6.07, 6.45) is 5.11. The Labute approximate surface area is 124 Å². The second kappa shape index (κ2) is 8.37. The van der Waals surface area contributed by atoms with Crippen molar-refractivity contribution in [3.63, 3.8) is 0 Å². The van der Waals surface area contributed by atoms with Crippen LogP contribution in [0.2, 0.25) is 0 Å². The van der Waals surface area contributed by atoms with E-state index in [2.05, 4.69) is 16.0 Å². The third kappa shape index (κ3) is 6.01. The lowest BCUT2D eigenvalue weighted by atomic mass is 10.3. The summed E-state index contributed by atoms with van der Waals surface area (Å²) in [6, 6.07) is 3.44. The molecule has 7 heteroatoms. The van der Waals surface area contributed by atoms with Crippen LogP contribution >= 0.6 is 11.8 Å². The van der Waals surface area contributed by atoms with Gasteiger partial charge in [0.05, 0.1) is 12.3 Å². The molecule has 0 saturated heterocycles. The summed E-state index contributed by atoms with van der Waals surface area (Å²) >= 11 is 1.50. The summed E-state index contributed by atoms with van der Waals surface area (Å²) in [5.41, 5.74) is 0. The first kappa shape index (κ1) is 17.1. The molecule has 0 unspecified atom stereocenters. The van der Waals surface area contributed by atoms with Crippen LogP contribution < -0.4 is 10.0 Å². The van der Waals surface area contributed by atoms with Crippen molar-refractivity contribution in [2.45, 2.75) is 31.5 Å². The average molecular weight is 316 g/mol. The Balaban J connectivity index is 2.49. The molecule has 1 aromatic rings. The Morgan fingerprint density at radius 2 is 2.20 bits per heavy atom. The third-order valence-electron chi connectivity index (χ3n) is 2.31. The van der Waals surface area contributed by atoms with Gasteiger partial charge in [0.1, 0.15) is 5.76 Å². The van der Waals surface area contributed by atoms with Gasteiger partial charge in [-0.2, -0.15) is 0 Å². The smallest absolute Gasteiger partial charge is 0.273 e. The van der Waals surface area contributed by atoms with Crippen LogP contribution in [0.25, 0.3) is 0 Å². The van der Waals surface area contributed by atoms with E-state index in [0.717, 1.165) is 0 Å². The SMILES string of the molecule is C#CCSCCNS(=O)(=O)c1ccc(CNC(C)C)o1. The molecule has 0 amide bonds. The first-order valence-corrected chi connectivity index (χ1v) is 8.92. The molecule has 0 bridgehead atoms. The number of furan rings is 1. The van der Waals surface area contributed by atoms with E-state index in [4.69, 9.17) is 10.8 Å². The predicted octanol–water partition coefficient (Wildman–Crippen LogP) is 1.42. The van der Waals surface area contributed by atoms with Crippen LogP contribution in [0.4, 0.5) is 0 Å². The Bertz CT molecular complexity index is 544. The summed E-state index contributed by atoms with van der Waals surface area (Å²) in [5.74, 6) is 4.29. The quantitative estimate of drug-likeness (QED) is 0.532. The summed E-state index contributed by atoms with van der Waals surface area (Å²) in [5, 5.41) is 3.11. The highest BCUT2D eigenvalue weighted by atomic mass is 32.2. The van der Waals surface area contributed by atoms with E-state index in [1.165, 1.54) is 17.8 Å². The maximum atomic E-state index is 11.9. The molecule has 1 aromatic heterocycles. The van der Waals surface area contributed by atoms with Crippen molar-refractivity contribution in [2.75, 3.05) is 18.1 Å². The highest BCUT2D eigenvalue weighted by Crippen LogP contribution is 2.13. The molecule has 0 aliphatic rings. The average Bonchev–Trinajstić information content (AvgIpc) is 2.85. The monoisotopic (exact) mass is 316 g/mol. The molecule has 2 N–H and O–H groups in total. The minimum Gasteiger partial charge on any atom is -0.447 e. The highest BCUT2D eigenvalue weighted by Gasteiger charge is 2.18. The maximum Gasteiger partial charge on any atom is 0.273 e. The summed E-state index contributed by atoms with van der Waals surface area (Å²) in [4.78, 5) is 0. The summed E-state index contributed by atoms with van der Waals surface area (Å²) in [7, 11) is -3.57. The van der Waals surface area contributed by atoms with Gasteiger partial charge < -0.3 is 9.73 Å². The van der Waals surface area contributed by atoms with Crippen molar-refractivity contribution in [1.29, 1.82) is 0 Å². The van der Waals surface area contributed by atoms with E-state index in [1.54, 1.807) is 6.07 Å². The van der Waals surface area contributed by atoms with Gasteiger partial charge in [-0.25, -0.2) is 13.1 Å². The van der Waals surface area contributed by atoms with Crippen LogP contribution in [0.1, 0.15) is 19.6 Å². The number of nitrogens with one attached hydrogen (secondary N) is 2. The standard InChI is InChI=1S/C13H20N2O3S2/c1-4-8-19-9-7-15-20(16,17)13-6-5-12(18-13)10-14-11(2)3/h1,5-6,11,14-15H,7-10H2,2-3H3. The number of hydrogen-bond acceptors (Lipinski definition) is 5. The molecule has 0 radical (unpaired) electrons. The van der Waals surface area contributed by atoms with Crippen LogP contribution in [0, 0.1) is 12.3 Å². The van der Waals surface area contributed by atoms with E-state index in [0.29, 0.717) is 36.4 Å². The lowest BCUT2D eigenvalue weighted by Gasteiger charge is -2.05. The first-order chi connectivity index (χ1) is 9.45. The maximum absolute atomic E-state index is 11.9. The number of rotatable bonds is 9. The van der Waals surface area contributed by atoms with Gasteiger partial charge in [0.15, 0.2) is 0 Å². The van der Waals surface area contributed by atoms with Gasteiger partial charge in [0, 0.05) is 18.3 Å². The zero-order valence-electron chi connectivity index (χ0n) is 11.7. The molecule has 112 valence electrons. The van der Waals surface area contributed by atoms with Crippen LogP contribution in [0.5, 0.6) is 0 Å². The van der Waals surface area contributed by atoms with Crippen molar-refractivity contribution in [3.8, 4) is 12.3 Å². The second-order valence-electron chi connectivity index (χ2n) is 4.41.